The number of nitrogens with zero attached hydrogens (tertiary/aromatic N) is 2. The lowest BCUT2D eigenvalue weighted by Crippen LogP contribution is -2.40. The molecule has 2 N–H and O–H groups in total. The van der Waals surface area contributed by atoms with Gasteiger partial charge in [-0.3, -0.25) is 9.69 Å². The SMILES string of the molecule is Cn1c(C(=O)NC[C@H]2C[C@@H](O)CN2Cc2ccccc2)cc(Cl)c1Cl. The van der Waals surface area contributed by atoms with Gasteiger partial charge in [0.25, 0.3) is 5.91 Å². The average molecular weight is 382 g/mol. The van der Waals surface area contributed by atoms with Crippen LogP contribution in [0.2, 0.25) is 10.2 Å². The second-order valence-electron chi connectivity index (χ2n) is 6.40. The molecule has 134 valence electrons. The van der Waals surface area contributed by atoms with E-state index in [0.717, 1.165) is 6.54 Å². The van der Waals surface area contributed by atoms with E-state index in [2.05, 4.69) is 22.3 Å². The molecule has 25 heavy (non-hydrogen) atoms. The number of halogens is 2. The highest BCUT2D eigenvalue weighted by atomic mass is 35.5. The molecule has 2 aromatic rings. The second kappa shape index (κ2) is 7.79. The molecule has 1 aromatic heterocycles. The fraction of sp³-hybridized carbons (Fsp3) is 0.389. The molecule has 2 heterocycles. The van der Waals surface area contributed by atoms with Crippen LogP contribution in [0.1, 0.15) is 22.5 Å². The van der Waals surface area contributed by atoms with Crippen LogP contribution >= 0.6 is 23.2 Å². The summed E-state index contributed by atoms with van der Waals surface area (Å²) in [6.07, 6.45) is 0.270. The van der Waals surface area contributed by atoms with E-state index >= 15 is 0 Å². The van der Waals surface area contributed by atoms with E-state index < -0.39 is 0 Å². The summed E-state index contributed by atoms with van der Waals surface area (Å²) >= 11 is 12.0. The zero-order valence-electron chi connectivity index (χ0n) is 14.0. The van der Waals surface area contributed by atoms with Crippen molar-refractivity contribution < 1.29 is 9.90 Å². The molecule has 0 bridgehead atoms. The molecule has 1 fully saturated rings. The van der Waals surface area contributed by atoms with Crippen molar-refractivity contribution in [1.29, 1.82) is 0 Å². The van der Waals surface area contributed by atoms with Crippen molar-refractivity contribution in [3.8, 4) is 0 Å². The van der Waals surface area contributed by atoms with E-state index in [1.54, 1.807) is 17.7 Å². The lowest BCUT2D eigenvalue weighted by Gasteiger charge is -2.24. The van der Waals surface area contributed by atoms with Gasteiger partial charge in [0.15, 0.2) is 0 Å². The quantitative estimate of drug-likeness (QED) is 0.836. The Morgan fingerprint density at radius 2 is 2.04 bits per heavy atom. The number of benzene rings is 1. The largest absolute Gasteiger partial charge is 0.392 e. The van der Waals surface area contributed by atoms with Crippen molar-refractivity contribution in [1.82, 2.24) is 14.8 Å². The van der Waals surface area contributed by atoms with Crippen molar-refractivity contribution in [2.24, 2.45) is 7.05 Å². The summed E-state index contributed by atoms with van der Waals surface area (Å²) in [6, 6.07) is 11.8. The Kier molecular flexibility index (Phi) is 5.69. The molecular formula is C18H21Cl2N3O2. The zero-order chi connectivity index (χ0) is 18.0. The molecule has 2 atom stereocenters. The third-order valence-corrected chi connectivity index (χ3v) is 5.42. The Bertz CT molecular complexity index is 748. The van der Waals surface area contributed by atoms with Crippen molar-refractivity contribution in [2.45, 2.75) is 25.1 Å². The molecule has 0 saturated carbocycles. The van der Waals surface area contributed by atoms with E-state index in [1.807, 2.05) is 18.2 Å². The van der Waals surface area contributed by atoms with Crippen LogP contribution in [0.4, 0.5) is 0 Å². The minimum Gasteiger partial charge on any atom is -0.392 e. The van der Waals surface area contributed by atoms with Gasteiger partial charge in [0.2, 0.25) is 0 Å². The number of hydrogen-bond donors (Lipinski definition) is 2. The van der Waals surface area contributed by atoms with Crippen LogP contribution in [-0.4, -0.2) is 45.7 Å². The molecule has 1 aliphatic heterocycles. The van der Waals surface area contributed by atoms with Crippen molar-refractivity contribution in [2.75, 3.05) is 13.1 Å². The van der Waals surface area contributed by atoms with Crippen LogP contribution in [0.15, 0.2) is 36.4 Å². The van der Waals surface area contributed by atoms with E-state index in [4.69, 9.17) is 23.2 Å². The van der Waals surface area contributed by atoms with Gasteiger partial charge < -0.3 is 15.0 Å². The Morgan fingerprint density at radius 3 is 2.68 bits per heavy atom. The van der Waals surface area contributed by atoms with E-state index in [9.17, 15) is 9.90 Å². The van der Waals surface area contributed by atoms with Gasteiger partial charge in [-0.05, 0) is 18.1 Å². The van der Waals surface area contributed by atoms with Crippen LogP contribution in [0.25, 0.3) is 0 Å². The number of β-amino-alcohol motifs (C(OH)–C–C–N with tert-alkyl or cyclic N) is 1. The highest BCUT2D eigenvalue weighted by molar-refractivity contribution is 6.41. The third-order valence-electron chi connectivity index (χ3n) is 4.58. The molecule has 0 aliphatic carbocycles. The monoisotopic (exact) mass is 381 g/mol. The normalized spacial score (nSPS) is 20.8. The number of rotatable bonds is 5. The summed E-state index contributed by atoms with van der Waals surface area (Å²) in [7, 11) is 1.70. The molecule has 1 aliphatic rings. The Hall–Kier alpha value is -1.53. The molecule has 3 rings (SSSR count). The summed E-state index contributed by atoms with van der Waals surface area (Å²) in [5.41, 5.74) is 1.61. The first kappa shape index (κ1) is 18.3. The van der Waals surface area contributed by atoms with E-state index in [1.165, 1.54) is 5.56 Å². The first-order valence-electron chi connectivity index (χ1n) is 8.20. The first-order valence-corrected chi connectivity index (χ1v) is 8.96. The Morgan fingerprint density at radius 1 is 1.32 bits per heavy atom. The van der Waals surface area contributed by atoms with Crippen molar-refractivity contribution >= 4 is 29.1 Å². The van der Waals surface area contributed by atoms with Crippen LogP contribution in [-0.2, 0) is 13.6 Å². The number of amides is 1. The molecular weight excluding hydrogens is 361 g/mol. The van der Waals surface area contributed by atoms with Gasteiger partial charge in [0.1, 0.15) is 10.8 Å². The smallest absolute Gasteiger partial charge is 0.268 e. The third kappa shape index (κ3) is 4.18. The summed E-state index contributed by atoms with van der Waals surface area (Å²) in [6.45, 7) is 1.82. The highest BCUT2D eigenvalue weighted by Crippen LogP contribution is 2.25. The van der Waals surface area contributed by atoms with Crippen molar-refractivity contribution in [3.63, 3.8) is 0 Å². The molecule has 0 unspecified atom stereocenters. The van der Waals surface area contributed by atoms with Gasteiger partial charge in [0.05, 0.1) is 11.1 Å². The zero-order valence-corrected chi connectivity index (χ0v) is 15.5. The summed E-state index contributed by atoms with van der Waals surface area (Å²) in [5, 5.41) is 13.6. The van der Waals surface area contributed by atoms with Gasteiger partial charge in [0, 0.05) is 32.7 Å². The molecule has 1 amide bonds. The molecule has 7 heteroatoms. The van der Waals surface area contributed by atoms with Crippen LogP contribution in [0, 0.1) is 0 Å². The maximum absolute atomic E-state index is 12.4. The molecule has 5 nitrogen and oxygen atoms in total. The van der Waals surface area contributed by atoms with Crippen molar-refractivity contribution in [3.05, 3.63) is 57.8 Å². The topological polar surface area (TPSA) is 57.5 Å². The first-order chi connectivity index (χ1) is 12.0. The van der Waals surface area contributed by atoms with Gasteiger partial charge in [-0.2, -0.15) is 0 Å². The number of likely N-dealkylation sites (tertiary alicyclic amines) is 1. The summed E-state index contributed by atoms with van der Waals surface area (Å²) < 4.78 is 1.56. The van der Waals surface area contributed by atoms with Gasteiger partial charge in [-0.25, -0.2) is 0 Å². The van der Waals surface area contributed by atoms with Gasteiger partial charge in [-0.1, -0.05) is 53.5 Å². The summed E-state index contributed by atoms with van der Waals surface area (Å²) in [4.78, 5) is 14.6. The Balaban J connectivity index is 1.62. The number of aliphatic hydroxyl groups is 1. The maximum Gasteiger partial charge on any atom is 0.268 e. The van der Waals surface area contributed by atoms with E-state index in [0.29, 0.717) is 35.4 Å². The van der Waals surface area contributed by atoms with Crippen LogP contribution in [0.3, 0.4) is 0 Å². The summed E-state index contributed by atoms with van der Waals surface area (Å²) in [5.74, 6) is -0.225. The fourth-order valence-electron chi connectivity index (χ4n) is 3.24. The number of hydrogen-bond acceptors (Lipinski definition) is 3. The lowest BCUT2D eigenvalue weighted by atomic mass is 10.1. The number of carbonyl (C=O) groups excluding carboxylic acids is 1. The maximum atomic E-state index is 12.4. The molecule has 1 aromatic carbocycles. The minimum absolute atomic E-state index is 0.0883. The van der Waals surface area contributed by atoms with E-state index in [-0.39, 0.29) is 18.1 Å². The minimum atomic E-state index is -0.371. The number of aliphatic hydroxyl groups excluding tert-OH is 1. The van der Waals surface area contributed by atoms with Gasteiger partial charge >= 0.3 is 0 Å². The van der Waals surface area contributed by atoms with Gasteiger partial charge in [-0.15, -0.1) is 0 Å². The highest BCUT2D eigenvalue weighted by Gasteiger charge is 2.31. The number of carbonyl (C=O) groups is 1. The predicted octanol–water partition coefficient (Wildman–Crippen LogP) is 2.70. The number of aromatic nitrogens is 1. The molecule has 0 radical (unpaired) electrons. The molecule has 0 spiro atoms. The standard InChI is InChI=1S/C18H21Cl2N3O2/c1-22-16(8-15(19)17(22)20)18(25)21-9-13-7-14(24)11-23(13)10-12-5-3-2-4-6-12/h2-6,8,13-14,24H,7,9-11H2,1H3,(H,21,25)/t13-,14-/m1/s1. The lowest BCUT2D eigenvalue weighted by molar-refractivity contribution is 0.0931. The number of nitrogens with one attached hydrogen (secondary N) is 1. The Labute approximate surface area is 157 Å². The molecule has 1 saturated heterocycles. The second-order valence-corrected chi connectivity index (χ2v) is 7.16. The average Bonchev–Trinajstić information content (AvgIpc) is 3.07. The van der Waals surface area contributed by atoms with Crippen LogP contribution in [0.5, 0.6) is 0 Å². The van der Waals surface area contributed by atoms with Crippen LogP contribution < -0.4 is 5.32 Å². The predicted molar refractivity (Wildman–Crippen MR) is 99.0 cm³/mol. The fourth-order valence-corrected chi connectivity index (χ4v) is 3.62.